The number of hydroxylamine groups is 2. The van der Waals surface area contributed by atoms with E-state index in [0.29, 0.717) is 12.1 Å². The Morgan fingerprint density at radius 3 is 2.80 bits per heavy atom. The molecule has 1 unspecified atom stereocenters. The second-order valence-corrected chi connectivity index (χ2v) is 5.75. The zero-order valence-electron chi connectivity index (χ0n) is 11.7. The van der Waals surface area contributed by atoms with E-state index in [1.807, 2.05) is 0 Å². The lowest BCUT2D eigenvalue weighted by Crippen LogP contribution is -2.40. The van der Waals surface area contributed by atoms with Gasteiger partial charge in [0.25, 0.3) is 0 Å². The van der Waals surface area contributed by atoms with E-state index >= 15 is 0 Å². The highest BCUT2D eigenvalue weighted by Gasteiger charge is 2.29. The molecule has 2 aliphatic heterocycles. The van der Waals surface area contributed by atoms with E-state index in [0.717, 1.165) is 38.2 Å². The molecule has 1 aromatic heterocycles. The van der Waals surface area contributed by atoms with Crippen LogP contribution in [0.3, 0.4) is 0 Å². The van der Waals surface area contributed by atoms with Crippen molar-refractivity contribution in [2.24, 2.45) is 0 Å². The van der Waals surface area contributed by atoms with Crippen LogP contribution >= 0.6 is 0 Å². The van der Waals surface area contributed by atoms with Gasteiger partial charge in [0.2, 0.25) is 5.88 Å². The van der Waals surface area contributed by atoms with Crippen LogP contribution in [0.1, 0.15) is 44.1 Å². The average molecular weight is 278 g/mol. The molecule has 6 heteroatoms. The van der Waals surface area contributed by atoms with E-state index in [1.54, 1.807) is 0 Å². The van der Waals surface area contributed by atoms with E-state index in [1.165, 1.54) is 30.7 Å². The molecule has 1 aromatic rings. The lowest BCUT2D eigenvalue weighted by atomic mass is 10.0. The first kappa shape index (κ1) is 13.6. The predicted molar refractivity (Wildman–Crippen MR) is 74.7 cm³/mol. The summed E-state index contributed by atoms with van der Waals surface area (Å²) >= 11 is 0. The van der Waals surface area contributed by atoms with Crippen LogP contribution in [-0.2, 0) is 6.54 Å². The molecule has 3 heterocycles. The molecular weight excluding hydrogens is 256 g/mol. The molecule has 110 valence electrons. The van der Waals surface area contributed by atoms with Crippen molar-refractivity contribution in [2.75, 3.05) is 18.0 Å². The number of rotatable bonds is 0. The van der Waals surface area contributed by atoms with Crippen LogP contribution in [0, 0.1) is 0 Å². The van der Waals surface area contributed by atoms with Crippen LogP contribution in [0.5, 0.6) is 5.88 Å². The molecule has 3 rings (SSSR count). The summed E-state index contributed by atoms with van der Waals surface area (Å²) in [6.45, 7) is 1.98. The fourth-order valence-corrected chi connectivity index (χ4v) is 3.18. The van der Waals surface area contributed by atoms with E-state index in [4.69, 9.17) is 0 Å². The lowest BCUT2D eigenvalue weighted by molar-refractivity contribution is -0.133. The van der Waals surface area contributed by atoms with Crippen molar-refractivity contribution >= 4 is 5.82 Å². The molecule has 20 heavy (non-hydrogen) atoms. The third-order valence-corrected chi connectivity index (χ3v) is 4.34. The molecule has 0 aromatic carbocycles. The SMILES string of the molecule is Oc1ncnc2c1CN(O)C1CCCCCCCN2C1. The third kappa shape index (κ3) is 2.71. The van der Waals surface area contributed by atoms with E-state index in [2.05, 4.69) is 14.9 Å². The van der Waals surface area contributed by atoms with Crippen molar-refractivity contribution in [1.82, 2.24) is 15.0 Å². The van der Waals surface area contributed by atoms with Crippen molar-refractivity contribution in [1.29, 1.82) is 0 Å². The van der Waals surface area contributed by atoms with Crippen molar-refractivity contribution in [3.8, 4) is 5.88 Å². The first-order valence-corrected chi connectivity index (χ1v) is 7.49. The minimum atomic E-state index is -0.0189. The molecule has 1 atom stereocenters. The van der Waals surface area contributed by atoms with Crippen LogP contribution in [0.4, 0.5) is 5.82 Å². The minimum Gasteiger partial charge on any atom is -0.493 e. The second-order valence-electron chi connectivity index (χ2n) is 5.75. The molecule has 2 aliphatic rings. The molecular formula is C14H22N4O2. The maximum absolute atomic E-state index is 10.3. The molecule has 1 fully saturated rings. The highest BCUT2D eigenvalue weighted by Crippen LogP contribution is 2.31. The molecule has 2 bridgehead atoms. The van der Waals surface area contributed by atoms with Gasteiger partial charge in [0.15, 0.2) is 0 Å². The predicted octanol–water partition coefficient (Wildman–Crippen LogP) is 1.92. The lowest BCUT2D eigenvalue weighted by Gasteiger charge is -2.29. The maximum Gasteiger partial charge on any atom is 0.220 e. The smallest absolute Gasteiger partial charge is 0.220 e. The molecule has 0 aliphatic carbocycles. The Bertz CT molecular complexity index is 468. The number of aromatic nitrogens is 2. The Morgan fingerprint density at radius 2 is 1.90 bits per heavy atom. The van der Waals surface area contributed by atoms with Gasteiger partial charge in [-0.2, -0.15) is 5.06 Å². The van der Waals surface area contributed by atoms with Gasteiger partial charge in [0.05, 0.1) is 18.2 Å². The Balaban J connectivity index is 1.94. The van der Waals surface area contributed by atoms with Gasteiger partial charge in [0.1, 0.15) is 12.1 Å². The monoisotopic (exact) mass is 278 g/mol. The highest BCUT2D eigenvalue weighted by atomic mass is 16.5. The molecule has 0 amide bonds. The van der Waals surface area contributed by atoms with Crippen LogP contribution < -0.4 is 4.90 Å². The minimum absolute atomic E-state index is 0.0189. The molecule has 0 saturated carbocycles. The number of fused-ring (bicyclic) bond motifs is 4. The Hall–Kier alpha value is -1.40. The topological polar surface area (TPSA) is 72.7 Å². The summed E-state index contributed by atoms with van der Waals surface area (Å²) in [6.07, 6.45) is 8.38. The van der Waals surface area contributed by atoms with Gasteiger partial charge in [-0.25, -0.2) is 9.97 Å². The number of aromatic hydroxyl groups is 1. The molecule has 0 radical (unpaired) electrons. The van der Waals surface area contributed by atoms with Gasteiger partial charge < -0.3 is 15.2 Å². The molecule has 1 saturated heterocycles. The summed E-state index contributed by atoms with van der Waals surface area (Å²) in [6, 6.07) is 0.0988. The third-order valence-electron chi connectivity index (χ3n) is 4.34. The largest absolute Gasteiger partial charge is 0.493 e. The van der Waals surface area contributed by atoms with Crippen LogP contribution in [0.15, 0.2) is 6.33 Å². The van der Waals surface area contributed by atoms with Crippen molar-refractivity contribution in [3.05, 3.63) is 11.9 Å². The average Bonchev–Trinajstić information content (AvgIpc) is 2.58. The van der Waals surface area contributed by atoms with E-state index in [9.17, 15) is 10.3 Å². The zero-order valence-corrected chi connectivity index (χ0v) is 11.7. The first-order valence-electron chi connectivity index (χ1n) is 7.49. The highest BCUT2D eigenvalue weighted by molar-refractivity contribution is 5.51. The Labute approximate surface area is 119 Å². The number of hydrogen-bond acceptors (Lipinski definition) is 6. The van der Waals surface area contributed by atoms with Crippen LogP contribution in [-0.4, -0.2) is 44.5 Å². The van der Waals surface area contributed by atoms with Crippen molar-refractivity contribution < 1.29 is 10.3 Å². The maximum atomic E-state index is 10.3. The van der Waals surface area contributed by atoms with Crippen molar-refractivity contribution in [3.63, 3.8) is 0 Å². The molecule has 2 N–H and O–H groups in total. The summed E-state index contributed by atoms with van der Waals surface area (Å²) in [5.74, 6) is 0.759. The second kappa shape index (κ2) is 5.93. The normalized spacial score (nSPS) is 24.9. The number of hydrogen-bond donors (Lipinski definition) is 2. The molecule has 6 nitrogen and oxygen atoms in total. The standard InChI is InChI=1S/C14H22N4O2/c19-14-12-9-18(20)11-6-4-2-1-3-5-7-17(8-11)13(12)15-10-16-14/h10-11,20H,1-9H2,(H,15,16,19). The quantitative estimate of drug-likeness (QED) is 0.755. The number of anilines is 1. The zero-order chi connectivity index (χ0) is 13.9. The van der Waals surface area contributed by atoms with Gasteiger partial charge in [-0.1, -0.05) is 25.7 Å². The van der Waals surface area contributed by atoms with Gasteiger partial charge in [-0.05, 0) is 12.8 Å². The van der Waals surface area contributed by atoms with Gasteiger partial charge in [-0.3, -0.25) is 0 Å². The Morgan fingerprint density at radius 1 is 1.10 bits per heavy atom. The van der Waals surface area contributed by atoms with Crippen LogP contribution in [0.25, 0.3) is 0 Å². The van der Waals surface area contributed by atoms with Gasteiger partial charge >= 0.3 is 0 Å². The summed E-state index contributed by atoms with van der Waals surface area (Å²) < 4.78 is 0. The van der Waals surface area contributed by atoms with E-state index < -0.39 is 0 Å². The fraction of sp³-hybridized carbons (Fsp3) is 0.714. The summed E-state index contributed by atoms with van der Waals surface area (Å²) in [7, 11) is 0. The first-order chi connectivity index (χ1) is 9.75. The van der Waals surface area contributed by atoms with Gasteiger partial charge in [-0.15, -0.1) is 0 Å². The van der Waals surface area contributed by atoms with Crippen LogP contribution in [0.2, 0.25) is 0 Å². The summed E-state index contributed by atoms with van der Waals surface area (Å²) in [5.41, 5.74) is 0.636. The molecule has 0 spiro atoms. The number of nitrogens with zero attached hydrogens (tertiary/aromatic N) is 4. The summed E-state index contributed by atoms with van der Waals surface area (Å²) in [5, 5.41) is 21.6. The van der Waals surface area contributed by atoms with Gasteiger partial charge in [0, 0.05) is 13.1 Å². The fourth-order valence-electron chi connectivity index (χ4n) is 3.18. The summed E-state index contributed by atoms with van der Waals surface area (Å²) in [4.78, 5) is 10.4. The van der Waals surface area contributed by atoms with E-state index in [-0.39, 0.29) is 11.9 Å². The van der Waals surface area contributed by atoms with Crippen molar-refractivity contribution in [2.45, 2.75) is 51.1 Å². The Kier molecular flexibility index (Phi) is 4.03.